The van der Waals surface area contributed by atoms with Crippen LogP contribution in [0.2, 0.25) is 0 Å². The number of nitrogens with zero attached hydrogens (tertiary/aromatic N) is 2. The van der Waals surface area contributed by atoms with Gasteiger partial charge in [0, 0.05) is 40.0 Å². The zero-order valence-electron chi connectivity index (χ0n) is 12.8. The Morgan fingerprint density at radius 2 is 2.27 bits per heavy atom. The molecular formula is C18H20N2S2. The van der Waals surface area contributed by atoms with Crippen molar-refractivity contribution in [3.63, 3.8) is 0 Å². The van der Waals surface area contributed by atoms with E-state index in [4.69, 9.17) is 0 Å². The molecule has 22 heavy (non-hydrogen) atoms. The van der Waals surface area contributed by atoms with E-state index >= 15 is 0 Å². The molecule has 4 heteroatoms. The minimum Gasteiger partial charge on any atom is -0.298 e. The standard InChI is InChI=1S/C18H20N2S2/c1-13-4-3-9-20(10-13)11-14-6-7-16(22-14)15-12-21-17-5-2-8-19-18(15)17/h2,5-8,12-13H,3-4,9-11H2,1H3. The van der Waals surface area contributed by atoms with Crippen LogP contribution in [-0.2, 0) is 6.54 Å². The molecule has 1 unspecified atom stereocenters. The Balaban J connectivity index is 1.56. The summed E-state index contributed by atoms with van der Waals surface area (Å²) < 4.78 is 1.28. The molecule has 0 bridgehead atoms. The summed E-state index contributed by atoms with van der Waals surface area (Å²) in [7, 11) is 0. The van der Waals surface area contributed by atoms with Crippen LogP contribution in [0.4, 0.5) is 0 Å². The number of aromatic nitrogens is 1. The van der Waals surface area contributed by atoms with Crippen LogP contribution < -0.4 is 0 Å². The van der Waals surface area contributed by atoms with Gasteiger partial charge in [-0.15, -0.1) is 22.7 Å². The minimum atomic E-state index is 0.846. The smallest absolute Gasteiger partial charge is 0.0896 e. The van der Waals surface area contributed by atoms with Gasteiger partial charge in [0.1, 0.15) is 0 Å². The lowest BCUT2D eigenvalue weighted by Crippen LogP contribution is -2.33. The fraction of sp³-hybridized carbons (Fsp3) is 0.389. The van der Waals surface area contributed by atoms with Crippen LogP contribution in [0, 0.1) is 5.92 Å². The Morgan fingerprint density at radius 1 is 1.32 bits per heavy atom. The summed E-state index contributed by atoms with van der Waals surface area (Å²) in [6, 6.07) is 8.73. The molecule has 1 saturated heterocycles. The molecule has 4 rings (SSSR count). The molecule has 0 radical (unpaired) electrons. The molecule has 1 fully saturated rings. The minimum absolute atomic E-state index is 0.846. The van der Waals surface area contributed by atoms with E-state index in [0.717, 1.165) is 18.0 Å². The van der Waals surface area contributed by atoms with Crippen LogP contribution in [-0.4, -0.2) is 23.0 Å². The molecule has 0 amide bonds. The first-order valence-electron chi connectivity index (χ1n) is 7.93. The topological polar surface area (TPSA) is 16.1 Å². The molecule has 1 aliphatic rings. The number of pyridine rings is 1. The van der Waals surface area contributed by atoms with Crippen LogP contribution in [0.3, 0.4) is 0 Å². The van der Waals surface area contributed by atoms with Gasteiger partial charge in [0.15, 0.2) is 0 Å². The van der Waals surface area contributed by atoms with Crippen molar-refractivity contribution in [2.75, 3.05) is 13.1 Å². The Morgan fingerprint density at radius 3 is 3.18 bits per heavy atom. The number of thiophene rings is 2. The van der Waals surface area contributed by atoms with E-state index < -0.39 is 0 Å². The monoisotopic (exact) mass is 328 g/mol. The summed E-state index contributed by atoms with van der Waals surface area (Å²) in [4.78, 5) is 9.99. The Kier molecular flexibility index (Phi) is 3.99. The zero-order chi connectivity index (χ0) is 14.9. The second-order valence-electron chi connectivity index (χ2n) is 6.25. The van der Waals surface area contributed by atoms with Gasteiger partial charge in [0.05, 0.1) is 10.2 Å². The molecule has 114 valence electrons. The summed E-state index contributed by atoms with van der Waals surface area (Å²) in [6.45, 7) is 5.97. The lowest BCUT2D eigenvalue weighted by Gasteiger charge is -2.30. The molecule has 4 heterocycles. The van der Waals surface area contributed by atoms with Crippen molar-refractivity contribution < 1.29 is 0 Å². The highest BCUT2D eigenvalue weighted by atomic mass is 32.1. The van der Waals surface area contributed by atoms with E-state index in [1.165, 1.54) is 45.9 Å². The number of piperidine rings is 1. The van der Waals surface area contributed by atoms with E-state index in [1.54, 1.807) is 11.3 Å². The van der Waals surface area contributed by atoms with Gasteiger partial charge in [-0.05, 0) is 49.6 Å². The van der Waals surface area contributed by atoms with Gasteiger partial charge in [-0.1, -0.05) is 6.92 Å². The number of rotatable bonds is 3. The summed E-state index contributed by atoms with van der Waals surface area (Å²) in [5.41, 5.74) is 2.44. The molecule has 0 N–H and O–H groups in total. The van der Waals surface area contributed by atoms with E-state index in [-0.39, 0.29) is 0 Å². The average Bonchev–Trinajstić information content (AvgIpc) is 3.13. The first-order valence-corrected chi connectivity index (χ1v) is 9.63. The summed E-state index contributed by atoms with van der Waals surface area (Å²) >= 11 is 3.71. The molecule has 3 aromatic rings. The molecule has 3 aromatic heterocycles. The molecule has 1 atom stereocenters. The largest absolute Gasteiger partial charge is 0.298 e. The summed E-state index contributed by atoms with van der Waals surface area (Å²) in [6.07, 6.45) is 4.62. The number of fused-ring (bicyclic) bond motifs is 1. The van der Waals surface area contributed by atoms with Crippen LogP contribution in [0.1, 0.15) is 24.6 Å². The van der Waals surface area contributed by atoms with Gasteiger partial charge in [-0.3, -0.25) is 9.88 Å². The van der Waals surface area contributed by atoms with Gasteiger partial charge in [0.25, 0.3) is 0 Å². The third-order valence-corrected chi connectivity index (χ3v) is 6.42. The van der Waals surface area contributed by atoms with E-state index in [9.17, 15) is 0 Å². The van der Waals surface area contributed by atoms with Crippen LogP contribution in [0.25, 0.3) is 20.7 Å². The highest BCUT2D eigenvalue weighted by Crippen LogP contribution is 2.36. The third kappa shape index (κ3) is 2.83. The van der Waals surface area contributed by atoms with Crippen molar-refractivity contribution in [2.45, 2.75) is 26.3 Å². The van der Waals surface area contributed by atoms with Crippen LogP contribution in [0.5, 0.6) is 0 Å². The van der Waals surface area contributed by atoms with Crippen LogP contribution in [0.15, 0.2) is 35.8 Å². The maximum Gasteiger partial charge on any atom is 0.0896 e. The molecule has 0 aromatic carbocycles. The molecule has 2 nitrogen and oxygen atoms in total. The third-order valence-electron chi connectivity index (χ3n) is 4.38. The maximum absolute atomic E-state index is 4.56. The van der Waals surface area contributed by atoms with Crippen molar-refractivity contribution in [1.82, 2.24) is 9.88 Å². The van der Waals surface area contributed by atoms with E-state index in [0.29, 0.717) is 0 Å². The first kappa shape index (κ1) is 14.4. The van der Waals surface area contributed by atoms with Gasteiger partial charge < -0.3 is 0 Å². The fourth-order valence-corrected chi connectivity index (χ4v) is 5.36. The van der Waals surface area contributed by atoms with Crippen molar-refractivity contribution in [2.24, 2.45) is 5.92 Å². The Labute approximate surface area is 139 Å². The zero-order valence-corrected chi connectivity index (χ0v) is 14.4. The Bertz CT molecular complexity index is 774. The van der Waals surface area contributed by atoms with Gasteiger partial charge in [0.2, 0.25) is 0 Å². The molecule has 0 spiro atoms. The highest BCUT2D eigenvalue weighted by Gasteiger charge is 2.17. The average molecular weight is 329 g/mol. The van der Waals surface area contributed by atoms with Gasteiger partial charge in [-0.25, -0.2) is 0 Å². The molecular weight excluding hydrogens is 308 g/mol. The number of hydrogen-bond donors (Lipinski definition) is 0. The lowest BCUT2D eigenvalue weighted by molar-refractivity contribution is 0.178. The second kappa shape index (κ2) is 6.11. The van der Waals surface area contributed by atoms with Crippen molar-refractivity contribution in [3.05, 3.63) is 40.7 Å². The van der Waals surface area contributed by atoms with Crippen molar-refractivity contribution in [3.8, 4) is 10.4 Å². The second-order valence-corrected chi connectivity index (χ2v) is 8.33. The quantitative estimate of drug-likeness (QED) is 0.652. The normalized spacial score (nSPS) is 19.8. The SMILES string of the molecule is CC1CCCN(Cc2ccc(-c3csc4cccnc34)s2)C1. The van der Waals surface area contributed by atoms with E-state index in [2.05, 4.69) is 40.4 Å². The lowest BCUT2D eigenvalue weighted by atomic mass is 10.0. The molecule has 0 saturated carbocycles. The first-order chi connectivity index (χ1) is 10.8. The predicted molar refractivity (Wildman–Crippen MR) is 96.6 cm³/mol. The summed E-state index contributed by atoms with van der Waals surface area (Å²) in [5, 5.41) is 2.25. The Hall–Kier alpha value is -1.23. The molecule has 0 aliphatic carbocycles. The highest BCUT2D eigenvalue weighted by molar-refractivity contribution is 7.19. The predicted octanol–water partition coefficient (Wildman–Crippen LogP) is 5.26. The van der Waals surface area contributed by atoms with E-state index in [1.807, 2.05) is 23.6 Å². The fourth-order valence-electron chi connectivity index (χ4n) is 3.30. The summed E-state index contributed by atoms with van der Waals surface area (Å²) in [5.74, 6) is 0.846. The number of hydrogen-bond acceptors (Lipinski definition) is 4. The van der Waals surface area contributed by atoms with Gasteiger partial charge in [-0.2, -0.15) is 0 Å². The maximum atomic E-state index is 4.56. The van der Waals surface area contributed by atoms with Gasteiger partial charge >= 0.3 is 0 Å². The number of likely N-dealkylation sites (tertiary alicyclic amines) is 1. The van der Waals surface area contributed by atoms with Crippen molar-refractivity contribution in [1.29, 1.82) is 0 Å². The molecule has 1 aliphatic heterocycles. The van der Waals surface area contributed by atoms with Crippen LogP contribution >= 0.6 is 22.7 Å². The van der Waals surface area contributed by atoms with Crippen molar-refractivity contribution >= 4 is 32.9 Å².